The number of nitrogens with zero attached hydrogens (tertiary/aromatic N) is 1. The Morgan fingerprint density at radius 3 is 2.45 bits per heavy atom. The summed E-state index contributed by atoms with van der Waals surface area (Å²) in [5.41, 5.74) is 7.24. The number of hydrogen-bond acceptors (Lipinski definition) is 8. The van der Waals surface area contributed by atoms with Crippen molar-refractivity contribution in [3.63, 3.8) is 0 Å². The highest BCUT2D eigenvalue weighted by Crippen LogP contribution is 2.13. The third kappa shape index (κ3) is 5.43. The van der Waals surface area contributed by atoms with Gasteiger partial charge in [-0.2, -0.15) is 4.98 Å². The van der Waals surface area contributed by atoms with Gasteiger partial charge in [-0.25, -0.2) is 0 Å². The average Bonchev–Trinajstić information content (AvgIpc) is 2.45. The average molecular weight is 288 g/mol. The highest BCUT2D eigenvalue weighted by molar-refractivity contribution is 5.63. The van der Waals surface area contributed by atoms with E-state index in [2.05, 4.69) is 20.7 Å². The molecule has 9 N–H and O–H groups in total. The van der Waals surface area contributed by atoms with Gasteiger partial charge in [-0.05, 0) is 6.42 Å². The fourth-order valence-electron chi connectivity index (χ4n) is 1.39. The smallest absolute Gasteiger partial charge is 0.279 e. The number of nitrogens with one attached hydrogen (secondary N) is 3. The molecular weight excluding hydrogens is 264 g/mol. The number of rotatable bonds is 7. The van der Waals surface area contributed by atoms with Gasteiger partial charge in [0.2, 0.25) is 5.95 Å². The number of H-pyrrole nitrogens is 1. The summed E-state index contributed by atoms with van der Waals surface area (Å²) in [5.74, 6) is 5.20. The van der Waals surface area contributed by atoms with Crippen LogP contribution in [0.25, 0.3) is 0 Å². The van der Waals surface area contributed by atoms with Crippen molar-refractivity contribution in [1.29, 1.82) is 0 Å². The third-order valence-corrected chi connectivity index (χ3v) is 2.44. The molecule has 0 radical (unpaired) electrons. The van der Waals surface area contributed by atoms with Gasteiger partial charge in [-0.3, -0.25) is 15.6 Å². The number of aliphatic hydroxyl groups excluding tert-OH is 2. The van der Waals surface area contributed by atoms with E-state index < -0.39 is 5.56 Å². The van der Waals surface area contributed by atoms with E-state index in [0.717, 1.165) is 0 Å². The van der Waals surface area contributed by atoms with Crippen molar-refractivity contribution in [2.24, 2.45) is 11.8 Å². The molecule has 1 aromatic heterocycles. The summed E-state index contributed by atoms with van der Waals surface area (Å²) in [6, 6.07) is 0. The van der Waals surface area contributed by atoms with Crippen LogP contribution >= 0.6 is 0 Å². The normalized spacial score (nSPS) is 9.90. The number of aromatic nitrogens is 2. The molecule has 1 aromatic rings. The molecule has 0 aromatic carbocycles. The van der Waals surface area contributed by atoms with Crippen LogP contribution in [0.3, 0.4) is 0 Å². The summed E-state index contributed by atoms with van der Waals surface area (Å²) in [5, 5.41) is 20.7. The van der Waals surface area contributed by atoms with Gasteiger partial charge in [0.05, 0.1) is 0 Å². The Kier molecular flexibility index (Phi) is 9.09. The van der Waals surface area contributed by atoms with Crippen LogP contribution < -0.4 is 27.9 Å². The first-order valence-electron chi connectivity index (χ1n) is 6.44. The van der Waals surface area contributed by atoms with E-state index in [-0.39, 0.29) is 36.6 Å². The Labute approximate surface area is 117 Å². The van der Waals surface area contributed by atoms with Crippen molar-refractivity contribution in [2.75, 3.05) is 36.2 Å². The highest BCUT2D eigenvalue weighted by Gasteiger charge is 2.10. The van der Waals surface area contributed by atoms with E-state index >= 15 is 0 Å². The molecule has 0 atom stereocenters. The van der Waals surface area contributed by atoms with E-state index in [0.29, 0.717) is 13.0 Å². The summed E-state index contributed by atoms with van der Waals surface area (Å²) in [7, 11) is 0. The minimum Gasteiger partial charge on any atom is -0.396 e. The number of aliphatic hydroxyl groups is 2. The lowest BCUT2D eigenvalue weighted by atomic mass is 10.1. The molecule has 1 rings (SSSR count). The second-order valence-corrected chi connectivity index (χ2v) is 3.77. The van der Waals surface area contributed by atoms with Gasteiger partial charge in [0, 0.05) is 25.7 Å². The molecule has 0 spiro atoms. The molecule has 0 aliphatic carbocycles. The lowest BCUT2D eigenvalue weighted by Crippen LogP contribution is -2.24. The van der Waals surface area contributed by atoms with Crippen molar-refractivity contribution in [1.82, 2.24) is 9.97 Å². The Hall–Kier alpha value is -1.84. The van der Waals surface area contributed by atoms with Crippen LogP contribution in [0.5, 0.6) is 0 Å². The van der Waals surface area contributed by atoms with Crippen molar-refractivity contribution in [3.05, 3.63) is 10.4 Å². The molecular formula is C11H24N6O3. The summed E-state index contributed by atoms with van der Waals surface area (Å²) < 4.78 is 0. The van der Waals surface area contributed by atoms with Crippen LogP contribution in [0.2, 0.25) is 0 Å². The van der Waals surface area contributed by atoms with Gasteiger partial charge in [0.1, 0.15) is 0 Å². The molecule has 116 valence electrons. The topological polar surface area (TPSA) is 162 Å². The molecule has 9 nitrogen and oxygen atoms in total. The van der Waals surface area contributed by atoms with E-state index in [4.69, 9.17) is 21.8 Å². The Morgan fingerprint density at radius 1 is 1.35 bits per heavy atom. The predicted molar refractivity (Wildman–Crippen MR) is 79.2 cm³/mol. The largest absolute Gasteiger partial charge is 0.396 e. The molecule has 0 saturated carbocycles. The number of nitrogens with two attached hydrogens (primary N) is 2. The van der Waals surface area contributed by atoms with Gasteiger partial charge >= 0.3 is 0 Å². The SMILES string of the molecule is CC.NNc1c(NCCC(CO)CO)nc(N)[nH]c1=O. The molecule has 0 amide bonds. The molecule has 1 heterocycles. The molecule has 0 aliphatic rings. The van der Waals surface area contributed by atoms with E-state index in [1.807, 2.05) is 13.8 Å². The Bertz CT molecular complexity index is 433. The van der Waals surface area contributed by atoms with Crippen LogP contribution in [-0.4, -0.2) is 39.9 Å². The van der Waals surface area contributed by atoms with E-state index in [9.17, 15) is 4.79 Å². The van der Waals surface area contributed by atoms with Crippen molar-refractivity contribution < 1.29 is 10.2 Å². The van der Waals surface area contributed by atoms with Crippen LogP contribution in [0, 0.1) is 5.92 Å². The van der Waals surface area contributed by atoms with Crippen LogP contribution in [-0.2, 0) is 0 Å². The molecule has 0 unspecified atom stereocenters. The van der Waals surface area contributed by atoms with Gasteiger partial charge in [0.25, 0.3) is 5.56 Å². The maximum Gasteiger partial charge on any atom is 0.279 e. The summed E-state index contributed by atoms with van der Waals surface area (Å²) >= 11 is 0. The molecule has 0 bridgehead atoms. The standard InChI is InChI=1S/C9H18N6O3.C2H6/c10-9-13-7(6(15-11)8(18)14-9)12-2-1-5(3-16)4-17;1-2/h5,15-17H,1-4,11H2,(H4,10,12,13,14,18);1-2H3. The van der Waals surface area contributed by atoms with Gasteiger partial charge in [-0.15, -0.1) is 0 Å². The Morgan fingerprint density at radius 2 is 1.95 bits per heavy atom. The minimum absolute atomic E-state index is 0.0256. The van der Waals surface area contributed by atoms with Crippen LogP contribution in [0.4, 0.5) is 17.5 Å². The molecule has 0 aliphatic heterocycles. The molecule has 20 heavy (non-hydrogen) atoms. The predicted octanol–water partition coefficient (Wildman–Crippen LogP) is -0.933. The van der Waals surface area contributed by atoms with E-state index in [1.54, 1.807) is 0 Å². The zero-order valence-corrected chi connectivity index (χ0v) is 11.8. The highest BCUT2D eigenvalue weighted by atomic mass is 16.3. The van der Waals surface area contributed by atoms with Crippen molar-refractivity contribution in [2.45, 2.75) is 20.3 Å². The monoisotopic (exact) mass is 288 g/mol. The zero-order valence-electron chi connectivity index (χ0n) is 11.8. The quantitative estimate of drug-likeness (QED) is 0.250. The second kappa shape index (κ2) is 10.0. The fourth-order valence-corrected chi connectivity index (χ4v) is 1.39. The lowest BCUT2D eigenvalue weighted by molar-refractivity contribution is 0.146. The van der Waals surface area contributed by atoms with E-state index in [1.165, 1.54) is 0 Å². The number of aromatic amines is 1. The molecule has 0 saturated heterocycles. The minimum atomic E-state index is -0.478. The van der Waals surface area contributed by atoms with Gasteiger partial charge in [-0.1, -0.05) is 13.8 Å². The summed E-state index contributed by atoms with van der Waals surface area (Å²) in [6.07, 6.45) is 0.519. The lowest BCUT2D eigenvalue weighted by Gasteiger charge is -2.13. The summed E-state index contributed by atoms with van der Waals surface area (Å²) in [4.78, 5) is 17.7. The first-order valence-corrected chi connectivity index (χ1v) is 6.44. The van der Waals surface area contributed by atoms with Gasteiger partial charge < -0.3 is 26.7 Å². The second-order valence-electron chi connectivity index (χ2n) is 3.77. The number of nitrogen functional groups attached to an aromatic ring is 2. The zero-order chi connectivity index (χ0) is 15.5. The number of hydrazine groups is 1. The third-order valence-electron chi connectivity index (χ3n) is 2.44. The first kappa shape index (κ1) is 18.2. The Balaban J connectivity index is 0.00000172. The van der Waals surface area contributed by atoms with Crippen molar-refractivity contribution >= 4 is 17.5 Å². The molecule has 9 heteroatoms. The number of anilines is 3. The van der Waals surface area contributed by atoms with Crippen molar-refractivity contribution in [3.8, 4) is 0 Å². The first-order chi connectivity index (χ1) is 9.62. The number of hydrogen-bond donors (Lipinski definition) is 7. The molecule has 0 fully saturated rings. The summed E-state index contributed by atoms with van der Waals surface area (Å²) in [6.45, 7) is 4.20. The fraction of sp³-hybridized carbons (Fsp3) is 0.636. The van der Waals surface area contributed by atoms with Gasteiger partial charge in [0.15, 0.2) is 11.5 Å². The maximum atomic E-state index is 11.5. The van der Waals surface area contributed by atoms with Crippen LogP contribution in [0.1, 0.15) is 20.3 Å². The van der Waals surface area contributed by atoms with Crippen LogP contribution in [0.15, 0.2) is 4.79 Å². The maximum absolute atomic E-state index is 11.5.